The molecule has 100 valence electrons. The Hall–Kier alpha value is -1.26. The van der Waals surface area contributed by atoms with Crippen molar-refractivity contribution in [2.24, 2.45) is 5.73 Å². The molecule has 1 heterocycles. The van der Waals surface area contributed by atoms with E-state index in [9.17, 15) is 0 Å². The molecule has 0 amide bonds. The van der Waals surface area contributed by atoms with E-state index in [-0.39, 0.29) is 5.41 Å². The lowest BCUT2D eigenvalue weighted by Crippen LogP contribution is -2.30. The number of nitrogens with zero attached hydrogens (tertiary/aromatic N) is 2. The second-order valence-electron chi connectivity index (χ2n) is 5.29. The van der Waals surface area contributed by atoms with Crippen molar-refractivity contribution in [3.63, 3.8) is 0 Å². The molecule has 0 saturated heterocycles. The highest BCUT2D eigenvalue weighted by atomic mass is 79.9. The number of hydrogen-bond acceptors (Lipinski definition) is 3. The fraction of sp³-hybridized carbons (Fsp3) is 0.333. The lowest BCUT2D eigenvalue weighted by Gasteiger charge is -2.21. The van der Waals surface area contributed by atoms with E-state index in [2.05, 4.69) is 39.7 Å². The van der Waals surface area contributed by atoms with Crippen LogP contribution in [0.15, 0.2) is 34.8 Å². The van der Waals surface area contributed by atoms with Crippen molar-refractivity contribution in [2.75, 3.05) is 6.54 Å². The van der Waals surface area contributed by atoms with Crippen LogP contribution in [-0.2, 0) is 5.41 Å². The van der Waals surface area contributed by atoms with Gasteiger partial charge in [0.25, 0.3) is 0 Å². The summed E-state index contributed by atoms with van der Waals surface area (Å²) in [6.07, 6.45) is 0. The monoisotopic (exact) mass is 319 g/mol. The number of aryl methyl sites for hydroxylation is 1. The molecule has 0 aliphatic carbocycles. The van der Waals surface area contributed by atoms with Crippen LogP contribution in [0.1, 0.15) is 25.4 Å². The molecule has 2 N–H and O–H groups in total. The third-order valence-corrected chi connectivity index (χ3v) is 3.81. The first-order valence-electron chi connectivity index (χ1n) is 6.25. The summed E-state index contributed by atoms with van der Waals surface area (Å²) in [5.74, 6) is 0.792. The minimum atomic E-state index is -0.220. The summed E-state index contributed by atoms with van der Waals surface area (Å²) in [5, 5.41) is 0. The summed E-state index contributed by atoms with van der Waals surface area (Å²) in [5.41, 5.74) is 8.55. The van der Waals surface area contributed by atoms with Crippen molar-refractivity contribution in [2.45, 2.75) is 26.2 Å². The molecule has 0 unspecified atom stereocenters. The maximum atomic E-state index is 5.82. The van der Waals surface area contributed by atoms with Gasteiger partial charge < -0.3 is 5.73 Å². The molecule has 2 aromatic rings. The highest BCUT2D eigenvalue weighted by molar-refractivity contribution is 9.10. The van der Waals surface area contributed by atoms with Gasteiger partial charge in [0.15, 0.2) is 0 Å². The number of hydrogen-bond donors (Lipinski definition) is 1. The average molecular weight is 320 g/mol. The third-order valence-electron chi connectivity index (χ3n) is 3.12. The van der Waals surface area contributed by atoms with Gasteiger partial charge >= 0.3 is 0 Å². The van der Waals surface area contributed by atoms with Crippen LogP contribution in [0.25, 0.3) is 11.3 Å². The van der Waals surface area contributed by atoms with E-state index in [0.29, 0.717) is 6.54 Å². The van der Waals surface area contributed by atoms with Gasteiger partial charge in [-0.3, -0.25) is 0 Å². The molecule has 0 aliphatic heterocycles. The second-order valence-corrected chi connectivity index (χ2v) is 6.14. The van der Waals surface area contributed by atoms with Crippen LogP contribution in [0.4, 0.5) is 0 Å². The van der Waals surface area contributed by atoms with Gasteiger partial charge in [-0.1, -0.05) is 48.0 Å². The largest absolute Gasteiger partial charge is 0.329 e. The van der Waals surface area contributed by atoms with Crippen molar-refractivity contribution in [1.29, 1.82) is 0 Å². The predicted molar refractivity (Wildman–Crippen MR) is 82.0 cm³/mol. The summed E-state index contributed by atoms with van der Waals surface area (Å²) < 4.78 is 1.03. The van der Waals surface area contributed by atoms with Crippen LogP contribution in [0.3, 0.4) is 0 Å². The zero-order valence-corrected chi connectivity index (χ0v) is 13.0. The molecule has 1 aromatic carbocycles. The molecule has 19 heavy (non-hydrogen) atoms. The number of aromatic nitrogens is 2. The quantitative estimate of drug-likeness (QED) is 0.942. The first kappa shape index (κ1) is 14.2. The van der Waals surface area contributed by atoms with E-state index in [1.165, 1.54) is 0 Å². The molecule has 3 nitrogen and oxygen atoms in total. The van der Waals surface area contributed by atoms with Gasteiger partial charge in [0.2, 0.25) is 0 Å². The summed E-state index contributed by atoms with van der Waals surface area (Å²) in [6.45, 7) is 6.63. The van der Waals surface area contributed by atoms with Crippen molar-refractivity contribution in [3.8, 4) is 11.3 Å². The van der Waals surface area contributed by atoms with Crippen LogP contribution in [-0.4, -0.2) is 16.5 Å². The number of benzene rings is 1. The molecule has 0 saturated carbocycles. The zero-order chi connectivity index (χ0) is 14.0. The van der Waals surface area contributed by atoms with Gasteiger partial charge in [-0.05, 0) is 19.1 Å². The van der Waals surface area contributed by atoms with E-state index < -0.39 is 0 Å². The fourth-order valence-corrected chi connectivity index (χ4v) is 2.26. The zero-order valence-electron chi connectivity index (χ0n) is 11.4. The normalized spacial score (nSPS) is 11.6. The van der Waals surface area contributed by atoms with E-state index >= 15 is 0 Å². The average Bonchev–Trinajstić information content (AvgIpc) is 2.38. The third kappa shape index (κ3) is 3.01. The Balaban J connectivity index is 2.58. The van der Waals surface area contributed by atoms with Crippen LogP contribution in [0.5, 0.6) is 0 Å². The minimum absolute atomic E-state index is 0.220. The van der Waals surface area contributed by atoms with Gasteiger partial charge in [-0.25, -0.2) is 9.97 Å². The predicted octanol–water partition coefficient (Wildman–Crippen LogP) is 3.45. The molecular weight excluding hydrogens is 302 g/mol. The number of nitrogens with two attached hydrogens (primary N) is 1. The molecule has 0 aliphatic rings. The Bertz CT molecular complexity index is 594. The first-order chi connectivity index (χ1) is 8.94. The molecule has 0 spiro atoms. The summed E-state index contributed by atoms with van der Waals surface area (Å²) >= 11 is 3.56. The molecular formula is C15H18BrN3. The van der Waals surface area contributed by atoms with Gasteiger partial charge in [0.1, 0.15) is 5.82 Å². The molecule has 1 aromatic heterocycles. The standard InChI is InChI=1S/C15H18BrN3/c1-10-8-13(11-6-4-5-7-12(11)16)19-14(18-10)15(2,3)9-17/h4-8H,9,17H2,1-3H3. The Kier molecular flexibility index (Phi) is 4.02. The molecule has 2 rings (SSSR count). The van der Waals surface area contributed by atoms with E-state index in [4.69, 9.17) is 5.73 Å². The molecule has 0 bridgehead atoms. The second kappa shape index (κ2) is 5.39. The first-order valence-corrected chi connectivity index (χ1v) is 7.04. The molecule has 0 atom stereocenters. The summed E-state index contributed by atoms with van der Waals surface area (Å²) in [7, 11) is 0. The van der Waals surface area contributed by atoms with Crippen LogP contribution in [0, 0.1) is 6.92 Å². The van der Waals surface area contributed by atoms with E-state index in [1.807, 2.05) is 37.3 Å². The molecule has 0 fully saturated rings. The van der Waals surface area contributed by atoms with E-state index in [1.54, 1.807) is 0 Å². The topological polar surface area (TPSA) is 51.8 Å². The van der Waals surface area contributed by atoms with Crippen LogP contribution < -0.4 is 5.73 Å². The van der Waals surface area contributed by atoms with Crippen LogP contribution in [0.2, 0.25) is 0 Å². The number of halogens is 1. The molecule has 4 heteroatoms. The van der Waals surface area contributed by atoms with E-state index in [0.717, 1.165) is 27.2 Å². The molecule has 0 radical (unpaired) electrons. The van der Waals surface area contributed by atoms with Crippen molar-refractivity contribution >= 4 is 15.9 Å². The summed E-state index contributed by atoms with van der Waals surface area (Å²) in [6, 6.07) is 10.1. The van der Waals surface area contributed by atoms with Crippen molar-refractivity contribution in [1.82, 2.24) is 9.97 Å². The highest BCUT2D eigenvalue weighted by Crippen LogP contribution is 2.28. The Labute approximate surface area is 122 Å². The van der Waals surface area contributed by atoms with Crippen molar-refractivity contribution < 1.29 is 0 Å². The SMILES string of the molecule is Cc1cc(-c2ccccc2Br)nc(C(C)(C)CN)n1. The smallest absolute Gasteiger partial charge is 0.136 e. The Morgan fingerprint density at radius 2 is 1.89 bits per heavy atom. The highest BCUT2D eigenvalue weighted by Gasteiger charge is 2.23. The Morgan fingerprint density at radius 1 is 1.21 bits per heavy atom. The van der Waals surface area contributed by atoms with Gasteiger partial charge in [-0.2, -0.15) is 0 Å². The van der Waals surface area contributed by atoms with Gasteiger partial charge in [0.05, 0.1) is 5.69 Å². The summed E-state index contributed by atoms with van der Waals surface area (Å²) in [4.78, 5) is 9.21. The lowest BCUT2D eigenvalue weighted by atomic mass is 9.92. The number of rotatable bonds is 3. The maximum absolute atomic E-state index is 5.82. The maximum Gasteiger partial charge on any atom is 0.136 e. The Morgan fingerprint density at radius 3 is 2.53 bits per heavy atom. The van der Waals surface area contributed by atoms with Gasteiger partial charge in [0, 0.05) is 27.7 Å². The minimum Gasteiger partial charge on any atom is -0.329 e. The fourth-order valence-electron chi connectivity index (χ4n) is 1.77. The van der Waals surface area contributed by atoms with Crippen molar-refractivity contribution in [3.05, 3.63) is 46.3 Å². The lowest BCUT2D eigenvalue weighted by molar-refractivity contribution is 0.501. The van der Waals surface area contributed by atoms with Crippen LogP contribution >= 0.6 is 15.9 Å². The van der Waals surface area contributed by atoms with Gasteiger partial charge in [-0.15, -0.1) is 0 Å².